The number of benzene rings is 1. The van der Waals surface area contributed by atoms with Gasteiger partial charge in [-0.2, -0.15) is 0 Å². The van der Waals surface area contributed by atoms with Crippen LogP contribution in [0.1, 0.15) is 30.9 Å². The van der Waals surface area contributed by atoms with Gasteiger partial charge in [0.2, 0.25) is 0 Å². The molecule has 0 spiro atoms. The first-order valence-corrected chi connectivity index (χ1v) is 6.56. The molecule has 1 saturated carbocycles. The first-order chi connectivity index (χ1) is 9.01. The van der Waals surface area contributed by atoms with E-state index in [4.69, 9.17) is 21.1 Å². The second-order valence-electron chi connectivity index (χ2n) is 4.69. The molecule has 1 aliphatic carbocycles. The maximum Gasteiger partial charge on any atom is 0.314 e. The predicted octanol–water partition coefficient (Wildman–Crippen LogP) is 3.04. The van der Waals surface area contributed by atoms with Gasteiger partial charge >= 0.3 is 5.97 Å². The van der Waals surface area contributed by atoms with Crippen LogP contribution < -0.4 is 9.47 Å². The maximum atomic E-state index is 11.5. The average Bonchev–Trinajstić information content (AvgIpc) is 3.18. The average molecular weight is 285 g/mol. The standard InChI is InChI=1S/C14H17ClO4/c1-4-8-9(14(5-6-14)13(16)17)7-10(15)12(19-3)11(8)18-2/h7H,4-6H2,1-3H3,(H,16,17). The molecule has 1 aliphatic rings. The van der Waals surface area contributed by atoms with Crippen LogP contribution in [0.25, 0.3) is 0 Å². The molecular formula is C14H17ClO4. The number of aliphatic carboxylic acids is 1. The van der Waals surface area contributed by atoms with E-state index in [0.29, 0.717) is 35.8 Å². The van der Waals surface area contributed by atoms with Crippen molar-refractivity contribution in [3.8, 4) is 11.5 Å². The number of carbonyl (C=O) groups is 1. The molecule has 0 atom stereocenters. The number of carboxylic acid groups (broad SMARTS) is 1. The third-order valence-corrected chi connectivity index (χ3v) is 4.01. The Kier molecular flexibility index (Phi) is 3.63. The minimum atomic E-state index is -0.800. The van der Waals surface area contributed by atoms with Crippen LogP contribution in [0.4, 0.5) is 0 Å². The van der Waals surface area contributed by atoms with Crippen molar-refractivity contribution in [1.29, 1.82) is 0 Å². The molecule has 5 heteroatoms. The van der Waals surface area contributed by atoms with Crippen LogP contribution in [-0.2, 0) is 16.6 Å². The molecule has 1 N–H and O–H groups in total. The summed E-state index contributed by atoms with van der Waals surface area (Å²) in [5.74, 6) is 0.205. The van der Waals surface area contributed by atoms with Crippen LogP contribution in [0.5, 0.6) is 11.5 Å². The molecule has 0 amide bonds. The molecule has 1 fully saturated rings. The number of ether oxygens (including phenoxy) is 2. The Morgan fingerprint density at radius 1 is 1.37 bits per heavy atom. The third-order valence-electron chi connectivity index (χ3n) is 3.73. The van der Waals surface area contributed by atoms with Crippen LogP contribution in [-0.4, -0.2) is 25.3 Å². The second-order valence-corrected chi connectivity index (χ2v) is 5.10. The minimum Gasteiger partial charge on any atom is -0.493 e. The van der Waals surface area contributed by atoms with E-state index in [1.807, 2.05) is 6.92 Å². The van der Waals surface area contributed by atoms with E-state index in [2.05, 4.69) is 0 Å². The van der Waals surface area contributed by atoms with Gasteiger partial charge < -0.3 is 14.6 Å². The molecule has 0 bridgehead atoms. The van der Waals surface area contributed by atoms with Crippen molar-refractivity contribution in [2.24, 2.45) is 0 Å². The summed E-state index contributed by atoms with van der Waals surface area (Å²) < 4.78 is 10.6. The van der Waals surface area contributed by atoms with Crippen LogP contribution in [0, 0.1) is 0 Å². The molecule has 19 heavy (non-hydrogen) atoms. The van der Waals surface area contributed by atoms with Gasteiger partial charge in [0.1, 0.15) is 0 Å². The Labute approximate surface area is 117 Å². The highest BCUT2D eigenvalue weighted by molar-refractivity contribution is 6.32. The fourth-order valence-electron chi connectivity index (χ4n) is 2.55. The summed E-state index contributed by atoms with van der Waals surface area (Å²) in [4.78, 5) is 11.5. The smallest absolute Gasteiger partial charge is 0.314 e. The third kappa shape index (κ3) is 2.04. The Hall–Kier alpha value is -1.42. The van der Waals surface area contributed by atoms with E-state index >= 15 is 0 Å². The summed E-state index contributed by atoms with van der Waals surface area (Å²) in [6.45, 7) is 1.96. The summed E-state index contributed by atoms with van der Waals surface area (Å²) >= 11 is 6.18. The van der Waals surface area contributed by atoms with Crippen LogP contribution in [0.2, 0.25) is 5.02 Å². The molecule has 0 aliphatic heterocycles. The summed E-state index contributed by atoms with van der Waals surface area (Å²) in [6.07, 6.45) is 1.95. The molecule has 4 nitrogen and oxygen atoms in total. The predicted molar refractivity (Wildman–Crippen MR) is 72.5 cm³/mol. The molecule has 2 rings (SSSR count). The van der Waals surface area contributed by atoms with Crippen molar-refractivity contribution in [1.82, 2.24) is 0 Å². The zero-order chi connectivity index (χ0) is 14.2. The molecule has 0 radical (unpaired) electrons. The van der Waals surface area contributed by atoms with E-state index in [1.54, 1.807) is 6.07 Å². The van der Waals surface area contributed by atoms with Gasteiger partial charge in [-0.25, -0.2) is 0 Å². The number of halogens is 1. The lowest BCUT2D eigenvalue weighted by Crippen LogP contribution is -2.21. The fraction of sp³-hybridized carbons (Fsp3) is 0.500. The largest absolute Gasteiger partial charge is 0.493 e. The highest BCUT2D eigenvalue weighted by Gasteiger charge is 2.53. The molecule has 0 unspecified atom stereocenters. The second kappa shape index (κ2) is 4.93. The van der Waals surface area contributed by atoms with Crippen molar-refractivity contribution in [2.45, 2.75) is 31.6 Å². The van der Waals surface area contributed by atoms with Gasteiger partial charge in [-0.1, -0.05) is 18.5 Å². The van der Waals surface area contributed by atoms with E-state index in [-0.39, 0.29) is 0 Å². The number of rotatable bonds is 5. The van der Waals surface area contributed by atoms with Gasteiger partial charge in [-0.05, 0) is 30.9 Å². The number of carboxylic acids is 1. The lowest BCUT2D eigenvalue weighted by molar-refractivity contribution is -0.140. The summed E-state index contributed by atoms with van der Waals surface area (Å²) in [7, 11) is 3.06. The van der Waals surface area contributed by atoms with Crippen LogP contribution in [0.15, 0.2) is 6.07 Å². The highest BCUT2D eigenvalue weighted by Crippen LogP contribution is 2.54. The van der Waals surface area contributed by atoms with Gasteiger partial charge in [0.05, 0.1) is 24.7 Å². The Morgan fingerprint density at radius 3 is 2.32 bits per heavy atom. The SMILES string of the molecule is CCc1c(C2(C(=O)O)CC2)cc(Cl)c(OC)c1OC. The molecule has 0 aromatic heterocycles. The van der Waals surface area contributed by atoms with Crippen molar-refractivity contribution in [3.63, 3.8) is 0 Å². The summed E-state index contributed by atoms with van der Waals surface area (Å²) in [6, 6.07) is 1.71. The van der Waals surface area contributed by atoms with Gasteiger partial charge in [-0.3, -0.25) is 4.79 Å². The summed E-state index contributed by atoms with van der Waals surface area (Å²) in [5.41, 5.74) is 0.822. The van der Waals surface area contributed by atoms with E-state index in [0.717, 1.165) is 11.1 Å². The van der Waals surface area contributed by atoms with Gasteiger partial charge in [0, 0.05) is 5.56 Å². The number of hydrogen-bond donors (Lipinski definition) is 1. The highest BCUT2D eigenvalue weighted by atomic mass is 35.5. The van der Waals surface area contributed by atoms with E-state index < -0.39 is 11.4 Å². The van der Waals surface area contributed by atoms with Gasteiger partial charge in [-0.15, -0.1) is 0 Å². The van der Waals surface area contributed by atoms with Gasteiger partial charge in [0.15, 0.2) is 11.5 Å². The zero-order valence-corrected chi connectivity index (χ0v) is 12.0. The Bertz CT molecular complexity index is 521. The lowest BCUT2D eigenvalue weighted by atomic mass is 9.89. The number of hydrogen-bond acceptors (Lipinski definition) is 3. The van der Waals surface area contributed by atoms with Crippen LogP contribution >= 0.6 is 11.6 Å². The Balaban J connectivity index is 2.69. The monoisotopic (exact) mass is 284 g/mol. The van der Waals surface area contributed by atoms with Gasteiger partial charge in [0.25, 0.3) is 0 Å². The zero-order valence-electron chi connectivity index (χ0n) is 11.2. The van der Waals surface area contributed by atoms with Crippen molar-refractivity contribution < 1.29 is 19.4 Å². The Morgan fingerprint density at radius 2 is 1.95 bits per heavy atom. The van der Waals surface area contributed by atoms with Crippen LogP contribution in [0.3, 0.4) is 0 Å². The molecule has 1 aromatic rings. The molecule has 0 saturated heterocycles. The molecule has 1 aromatic carbocycles. The normalized spacial score (nSPS) is 16.0. The van der Waals surface area contributed by atoms with E-state index in [9.17, 15) is 9.90 Å². The molecule has 104 valence electrons. The number of methoxy groups -OCH3 is 2. The first kappa shape index (κ1) is 14.0. The topological polar surface area (TPSA) is 55.8 Å². The lowest BCUT2D eigenvalue weighted by Gasteiger charge is -2.21. The molecule has 0 heterocycles. The fourth-order valence-corrected chi connectivity index (χ4v) is 2.83. The van der Waals surface area contributed by atoms with Crippen molar-refractivity contribution in [2.75, 3.05) is 14.2 Å². The van der Waals surface area contributed by atoms with Crippen molar-refractivity contribution >= 4 is 17.6 Å². The van der Waals surface area contributed by atoms with Crippen molar-refractivity contribution in [3.05, 3.63) is 22.2 Å². The minimum absolute atomic E-state index is 0.388. The first-order valence-electron chi connectivity index (χ1n) is 6.19. The summed E-state index contributed by atoms with van der Waals surface area (Å²) in [5, 5.41) is 9.83. The maximum absolute atomic E-state index is 11.5. The quantitative estimate of drug-likeness (QED) is 0.903. The van der Waals surface area contributed by atoms with E-state index in [1.165, 1.54) is 14.2 Å². The molecular weight excluding hydrogens is 268 g/mol.